The Morgan fingerprint density at radius 1 is 1.43 bits per heavy atom. The van der Waals surface area contributed by atoms with Crippen LogP contribution in [0.25, 0.3) is 5.69 Å². The average molecular weight is 332 g/mol. The van der Waals surface area contributed by atoms with Crippen molar-refractivity contribution in [1.29, 1.82) is 0 Å². The lowest BCUT2D eigenvalue weighted by Gasteiger charge is -2.13. The summed E-state index contributed by atoms with van der Waals surface area (Å²) in [5.41, 5.74) is 2.15. The summed E-state index contributed by atoms with van der Waals surface area (Å²) in [5.74, 6) is 0.437. The van der Waals surface area contributed by atoms with E-state index in [2.05, 4.69) is 20.4 Å². The van der Waals surface area contributed by atoms with Gasteiger partial charge in [0, 0.05) is 30.4 Å². The molecule has 0 saturated heterocycles. The third kappa shape index (κ3) is 2.63. The van der Waals surface area contributed by atoms with Crippen LogP contribution in [0.1, 0.15) is 31.3 Å². The maximum absolute atomic E-state index is 12.2. The van der Waals surface area contributed by atoms with Gasteiger partial charge in [0.25, 0.3) is 5.19 Å². The summed E-state index contributed by atoms with van der Waals surface area (Å²) in [6.07, 6.45) is 5.79. The van der Waals surface area contributed by atoms with Gasteiger partial charge in [-0.1, -0.05) is 11.3 Å². The van der Waals surface area contributed by atoms with E-state index < -0.39 is 0 Å². The highest BCUT2D eigenvalue weighted by Gasteiger charge is 2.29. The maximum atomic E-state index is 12.2. The molecular formula is C14H14N6O2S. The summed E-state index contributed by atoms with van der Waals surface area (Å²) in [5, 5.41) is 9.70. The topological polar surface area (TPSA) is 87.7 Å². The second-order valence-electron chi connectivity index (χ2n) is 5.33. The predicted octanol–water partition coefficient (Wildman–Crippen LogP) is 1.27. The minimum Gasteiger partial charge on any atom is -0.465 e. The number of thiazole rings is 1. The van der Waals surface area contributed by atoms with E-state index in [1.54, 1.807) is 18.6 Å². The largest absolute Gasteiger partial charge is 0.465 e. The standard InChI is InChI=1S/C14H14N6O2S/c1-19-14(21)20(18-17-19)12-7-15-6-10(9-2-3-9)11(12)8-22-13-16-4-5-23-13/h4-7,9H,2-3,8H2,1H3/i4T. The Morgan fingerprint density at radius 2 is 2.30 bits per heavy atom. The van der Waals surface area contributed by atoms with Gasteiger partial charge in [0.2, 0.25) is 0 Å². The van der Waals surface area contributed by atoms with Gasteiger partial charge in [0.05, 0.1) is 13.3 Å². The van der Waals surface area contributed by atoms with E-state index >= 15 is 0 Å². The molecule has 118 valence electrons. The van der Waals surface area contributed by atoms with Crippen LogP contribution in [-0.4, -0.2) is 29.8 Å². The quantitative estimate of drug-likeness (QED) is 0.699. The molecule has 1 aliphatic carbocycles. The molecule has 0 spiro atoms. The zero-order chi connectivity index (χ0) is 16.7. The first kappa shape index (κ1) is 12.9. The third-order valence-electron chi connectivity index (χ3n) is 3.74. The summed E-state index contributed by atoms with van der Waals surface area (Å²) in [7, 11) is 1.55. The first-order chi connectivity index (χ1) is 11.6. The van der Waals surface area contributed by atoms with E-state index in [0.29, 0.717) is 16.8 Å². The normalized spacial score (nSPS) is 14.7. The fourth-order valence-electron chi connectivity index (χ4n) is 2.43. The van der Waals surface area contributed by atoms with Gasteiger partial charge in [-0.25, -0.2) is 9.78 Å². The Bertz CT molecular complexity index is 945. The molecule has 0 bridgehead atoms. The minimum atomic E-state index is -0.339. The highest BCUT2D eigenvalue weighted by Crippen LogP contribution is 2.42. The Hall–Kier alpha value is -2.55. The average Bonchev–Trinajstić information content (AvgIpc) is 3.27. The number of nitrogens with zero attached hydrogens (tertiary/aromatic N) is 6. The van der Waals surface area contributed by atoms with Gasteiger partial charge in [0.1, 0.15) is 6.61 Å². The van der Waals surface area contributed by atoms with Crippen LogP contribution in [-0.2, 0) is 13.7 Å². The molecule has 9 heteroatoms. The van der Waals surface area contributed by atoms with E-state index in [-0.39, 0.29) is 18.5 Å². The molecular weight excluding hydrogens is 316 g/mol. The lowest BCUT2D eigenvalue weighted by molar-refractivity contribution is 0.302. The first-order valence-corrected chi connectivity index (χ1v) is 8.02. The fourth-order valence-corrected chi connectivity index (χ4v) is 2.86. The number of rotatable bonds is 5. The number of pyridine rings is 1. The second-order valence-corrected chi connectivity index (χ2v) is 6.15. The molecule has 1 aliphatic rings. The van der Waals surface area contributed by atoms with Crippen LogP contribution in [0.4, 0.5) is 0 Å². The third-order valence-corrected chi connectivity index (χ3v) is 4.38. The van der Waals surface area contributed by atoms with Crippen molar-refractivity contribution in [2.45, 2.75) is 25.4 Å². The van der Waals surface area contributed by atoms with Crippen molar-refractivity contribution in [3.63, 3.8) is 0 Å². The zero-order valence-corrected chi connectivity index (χ0v) is 13.2. The Morgan fingerprint density at radius 3 is 2.96 bits per heavy atom. The minimum absolute atomic E-state index is 0.178. The summed E-state index contributed by atoms with van der Waals surface area (Å²) in [6, 6.07) is 0. The number of tetrazole rings is 1. The second kappa shape index (κ2) is 5.58. The molecule has 1 saturated carbocycles. The van der Waals surface area contributed by atoms with Gasteiger partial charge in [-0.15, -0.1) is 0 Å². The summed E-state index contributed by atoms with van der Waals surface area (Å²) in [6.45, 7) is 0.236. The molecule has 0 amide bonds. The fraction of sp³-hybridized carbons (Fsp3) is 0.357. The van der Waals surface area contributed by atoms with Crippen molar-refractivity contribution in [2.24, 2.45) is 7.05 Å². The van der Waals surface area contributed by atoms with Crippen LogP contribution in [0.15, 0.2) is 28.7 Å². The highest BCUT2D eigenvalue weighted by molar-refractivity contribution is 7.11. The zero-order valence-electron chi connectivity index (χ0n) is 13.3. The summed E-state index contributed by atoms with van der Waals surface area (Å²) >= 11 is 1.27. The SMILES string of the molecule is [3H]c1csc(OCc2c(C3CC3)cncc2-n2nnn(C)c2=O)n1. The molecule has 0 radical (unpaired) electrons. The van der Waals surface area contributed by atoms with Crippen molar-refractivity contribution >= 4 is 11.3 Å². The van der Waals surface area contributed by atoms with Crippen molar-refractivity contribution in [3.8, 4) is 10.9 Å². The predicted molar refractivity (Wildman–Crippen MR) is 82.8 cm³/mol. The molecule has 0 N–H and O–H groups in total. The van der Waals surface area contributed by atoms with E-state index in [0.717, 1.165) is 24.0 Å². The van der Waals surface area contributed by atoms with Crippen LogP contribution < -0.4 is 10.4 Å². The van der Waals surface area contributed by atoms with Crippen LogP contribution in [0.3, 0.4) is 0 Å². The number of ether oxygens (including phenoxy) is 1. The summed E-state index contributed by atoms with van der Waals surface area (Å²) in [4.78, 5) is 20.4. The van der Waals surface area contributed by atoms with Crippen molar-refractivity contribution in [3.05, 3.63) is 45.6 Å². The molecule has 8 nitrogen and oxygen atoms in total. The van der Waals surface area contributed by atoms with Crippen molar-refractivity contribution in [2.75, 3.05) is 0 Å². The van der Waals surface area contributed by atoms with Gasteiger partial charge in [-0.2, -0.15) is 9.36 Å². The molecule has 3 heterocycles. The van der Waals surface area contributed by atoms with Gasteiger partial charge in [-0.3, -0.25) is 4.98 Å². The Labute approximate surface area is 136 Å². The van der Waals surface area contributed by atoms with Crippen LogP contribution >= 0.6 is 11.3 Å². The van der Waals surface area contributed by atoms with Crippen LogP contribution in [0.5, 0.6) is 5.19 Å². The first-order valence-electron chi connectivity index (χ1n) is 7.64. The van der Waals surface area contributed by atoms with E-state index in [4.69, 9.17) is 6.11 Å². The van der Waals surface area contributed by atoms with Crippen molar-refractivity contribution < 1.29 is 6.11 Å². The van der Waals surface area contributed by atoms with E-state index in [1.807, 2.05) is 6.20 Å². The molecule has 3 aromatic heterocycles. The molecule has 23 heavy (non-hydrogen) atoms. The van der Waals surface area contributed by atoms with E-state index in [9.17, 15) is 4.79 Å². The molecule has 0 atom stereocenters. The molecule has 3 aromatic rings. The lowest BCUT2D eigenvalue weighted by Crippen LogP contribution is -2.23. The van der Waals surface area contributed by atoms with Crippen LogP contribution in [0.2, 0.25) is 0 Å². The lowest BCUT2D eigenvalue weighted by atomic mass is 10.1. The van der Waals surface area contributed by atoms with Crippen LogP contribution in [0, 0.1) is 0 Å². The van der Waals surface area contributed by atoms with Gasteiger partial charge >= 0.3 is 5.69 Å². The maximum Gasteiger partial charge on any atom is 0.368 e. The molecule has 1 fully saturated rings. The molecule has 0 aromatic carbocycles. The molecule has 0 unspecified atom stereocenters. The number of aryl methyl sites for hydroxylation is 1. The van der Waals surface area contributed by atoms with Gasteiger partial charge < -0.3 is 4.74 Å². The Kier molecular flexibility index (Phi) is 3.14. The Balaban J connectivity index is 1.74. The molecule has 0 aliphatic heterocycles. The number of aromatic nitrogens is 6. The smallest absolute Gasteiger partial charge is 0.368 e. The van der Waals surface area contributed by atoms with E-state index in [1.165, 1.54) is 20.7 Å². The van der Waals surface area contributed by atoms with Gasteiger partial charge in [0.15, 0.2) is 0 Å². The van der Waals surface area contributed by atoms with Gasteiger partial charge in [-0.05, 0) is 34.7 Å². The number of hydrogen-bond donors (Lipinski definition) is 0. The molecule has 4 rings (SSSR count). The monoisotopic (exact) mass is 332 g/mol. The highest BCUT2D eigenvalue weighted by atomic mass is 32.1. The van der Waals surface area contributed by atoms with Crippen molar-refractivity contribution in [1.82, 2.24) is 29.8 Å². The summed E-state index contributed by atoms with van der Waals surface area (Å²) < 4.78 is 15.6. The number of hydrogen-bond acceptors (Lipinski definition) is 7.